The molecular formula is C16H18FN3. The molecule has 1 saturated carbocycles. The molecule has 3 nitrogen and oxygen atoms in total. The molecule has 104 valence electrons. The van der Waals surface area contributed by atoms with Crippen LogP contribution in [0.3, 0.4) is 0 Å². The summed E-state index contributed by atoms with van der Waals surface area (Å²) in [6, 6.07) is 10.0. The number of pyridine rings is 1. The molecule has 1 aromatic heterocycles. The van der Waals surface area contributed by atoms with Gasteiger partial charge in [0.1, 0.15) is 5.82 Å². The van der Waals surface area contributed by atoms with Crippen molar-refractivity contribution in [1.82, 2.24) is 9.88 Å². The third kappa shape index (κ3) is 3.14. The molecule has 0 saturated heterocycles. The summed E-state index contributed by atoms with van der Waals surface area (Å²) in [5.74, 6) is -0.280. The molecule has 1 aromatic carbocycles. The summed E-state index contributed by atoms with van der Waals surface area (Å²) in [5, 5.41) is 0. The Balaban J connectivity index is 1.75. The van der Waals surface area contributed by atoms with Crippen LogP contribution in [0.4, 0.5) is 10.1 Å². The lowest BCUT2D eigenvalue weighted by Gasteiger charge is -2.22. The van der Waals surface area contributed by atoms with Gasteiger partial charge in [-0.2, -0.15) is 0 Å². The molecule has 0 aliphatic heterocycles. The van der Waals surface area contributed by atoms with Crippen LogP contribution in [0.1, 0.15) is 24.0 Å². The fraction of sp³-hybridized carbons (Fsp3) is 0.312. The van der Waals surface area contributed by atoms with Crippen LogP contribution in [-0.4, -0.2) is 15.9 Å². The Labute approximate surface area is 118 Å². The van der Waals surface area contributed by atoms with Gasteiger partial charge in [0.15, 0.2) is 0 Å². The summed E-state index contributed by atoms with van der Waals surface area (Å²) in [4.78, 5) is 6.26. The van der Waals surface area contributed by atoms with E-state index in [0.717, 1.165) is 23.4 Å². The highest BCUT2D eigenvalue weighted by Gasteiger charge is 2.29. The van der Waals surface area contributed by atoms with Crippen LogP contribution in [0.2, 0.25) is 0 Å². The minimum absolute atomic E-state index is 0.280. The second-order valence-corrected chi connectivity index (χ2v) is 5.35. The van der Waals surface area contributed by atoms with E-state index in [1.807, 2.05) is 18.2 Å². The van der Waals surface area contributed by atoms with Crippen LogP contribution in [0.5, 0.6) is 0 Å². The highest BCUT2D eigenvalue weighted by Crippen LogP contribution is 2.30. The van der Waals surface area contributed by atoms with Gasteiger partial charge in [0.25, 0.3) is 0 Å². The van der Waals surface area contributed by atoms with Crippen molar-refractivity contribution in [3.8, 4) is 0 Å². The molecular weight excluding hydrogens is 253 g/mol. The first-order chi connectivity index (χ1) is 9.72. The van der Waals surface area contributed by atoms with Gasteiger partial charge in [-0.15, -0.1) is 0 Å². The fourth-order valence-corrected chi connectivity index (χ4v) is 2.43. The molecule has 0 radical (unpaired) electrons. The summed E-state index contributed by atoms with van der Waals surface area (Å²) in [7, 11) is 0. The number of para-hydroxylation sites is 1. The van der Waals surface area contributed by atoms with Crippen LogP contribution >= 0.6 is 0 Å². The van der Waals surface area contributed by atoms with Crippen molar-refractivity contribution in [2.24, 2.45) is 0 Å². The van der Waals surface area contributed by atoms with Crippen LogP contribution in [0.15, 0.2) is 42.7 Å². The van der Waals surface area contributed by atoms with E-state index in [9.17, 15) is 4.39 Å². The zero-order valence-electron chi connectivity index (χ0n) is 11.3. The minimum Gasteiger partial charge on any atom is -0.398 e. The van der Waals surface area contributed by atoms with Gasteiger partial charge in [0.05, 0.1) is 6.20 Å². The van der Waals surface area contributed by atoms with E-state index < -0.39 is 0 Å². The van der Waals surface area contributed by atoms with Gasteiger partial charge in [0.2, 0.25) is 0 Å². The van der Waals surface area contributed by atoms with Crippen molar-refractivity contribution in [2.75, 3.05) is 5.73 Å². The molecule has 0 unspecified atom stereocenters. The summed E-state index contributed by atoms with van der Waals surface area (Å²) < 4.78 is 13.2. The molecule has 20 heavy (non-hydrogen) atoms. The normalized spacial score (nSPS) is 14.7. The largest absolute Gasteiger partial charge is 0.398 e. The number of halogens is 1. The maximum atomic E-state index is 13.2. The standard InChI is InChI=1S/C16H18FN3/c17-14-7-12(8-19-9-14)10-20(15-5-6-15)11-13-3-1-2-4-16(13)18/h1-4,7-9,15H,5-6,10-11,18H2. The number of nitrogens with zero attached hydrogens (tertiary/aromatic N) is 2. The van der Waals surface area contributed by atoms with Crippen LogP contribution in [0.25, 0.3) is 0 Å². The van der Waals surface area contributed by atoms with Gasteiger partial charge >= 0.3 is 0 Å². The van der Waals surface area contributed by atoms with Crippen molar-refractivity contribution in [2.45, 2.75) is 32.0 Å². The van der Waals surface area contributed by atoms with E-state index in [1.165, 1.54) is 19.0 Å². The molecule has 0 amide bonds. The molecule has 1 fully saturated rings. The number of nitrogens with two attached hydrogens (primary N) is 1. The van der Waals surface area contributed by atoms with E-state index in [4.69, 9.17) is 5.73 Å². The zero-order valence-corrected chi connectivity index (χ0v) is 11.3. The zero-order chi connectivity index (χ0) is 13.9. The number of rotatable bonds is 5. The van der Waals surface area contributed by atoms with Gasteiger partial charge in [-0.25, -0.2) is 4.39 Å². The first-order valence-electron chi connectivity index (χ1n) is 6.89. The van der Waals surface area contributed by atoms with Gasteiger partial charge in [-0.3, -0.25) is 9.88 Å². The Hall–Kier alpha value is -1.94. The smallest absolute Gasteiger partial charge is 0.141 e. The number of anilines is 1. The predicted molar refractivity (Wildman–Crippen MR) is 77.3 cm³/mol. The number of benzene rings is 1. The summed E-state index contributed by atoms with van der Waals surface area (Å²) in [6.45, 7) is 1.51. The molecule has 2 aromatic rings. The maximum absolute atomic E-state index is 13.2. The van der Waals surface area contributed by atoms with Gasteiger partial charge in [-0.05, 0) is 36.1 Å². The van der Waals surface area contributed by atoms with Gasteiger partial charge < -0.3 is 5.73 Å². The number of nitrogen functional groups attached to an aromatic ring is 1. The molecule has 1 aliphatic rings. The molecule has 0 bridgehead atoms. The average molecular weight is 271 g/mol. The lowest BCUT2D eigenvalue weighted by Crippen LogP contribution is -2.25. The van der Waals surface area contributed by atoms with E-state index >= 15 is 0 Å². The minimum atomic E-state index is -0.280. The molecule has 1 aliphatic carbocycles. The number of hydrogen-bond donors (Lipinski definition) is 1. The molecule has 2 N–H and O–H groups in total. The second-order valence-electron chi connectivity index (χ2n) is 5.35. The SMILES string of the molecule is Nc1ccccc1CN(Cc1cncc(F)c1)C1CC1. The third-order valence-electron chi connectivity index (χ3n) is 3.64. The predicted octanol–water partition coefficient (Wildman–Crippen LogP) is 2.97. The maximum Gasteiger partial charge on any atom is 0.141 e. The Morgan fingerprint density at radius 1 is 1.20 bits per heavy atom. The van der Waals surface area contributed by atoms with Gasteiger partial charge in [0, 0.05) is 31.0 Å². The van der Waals surface area contributed by atoms with Crippen molar-refractivity contribution in [1.29, 1.82) is 0 Å². The quantitative estimate of drug-likeness (QED) is 0.850. The summed E-state index contributed by atoms with van der Waals surface area (Å²) in [5.41, 5.74) is 8.86. The highest BCUT2D eigenvalue weighted by molar-refractivity contribution is 5.46. The Morgan fingerprint density at radius 3 is 2.70 bits per heavy atom. The molecule has 3 rings (SSSR count). The Morgan fingerprint density at radius 2 is 2.00 bits per heavy atom. The van der Waals surface area contributed by atoms with Crippen LogP contribution in [0, 0.1) is 5.82 Å². The molecule has 1 heterocycles. The monoisotopic (exact) mass is 271 g/mol. The highest BCUT2D eigenvalue weighted by atomic mass is 19.1. The first kappa shape index (κ1) is 13.1. The van der Waals surface area contributed by atoms with Crippen molar-refractivity contribution in [3.05, 3.63) is 59.7 Å². The van der Waals surface area contributed by atoms with Gasteiger partial charge in [-0.1, -0.05) is 18.2 Å². The first-order valence-corrected chi connectivity index (χ1v) is 6.89. The number of aromatic nitrogens is 1. The van der Waals surface area contributed by atoms with E-state index in [-0.39, 0.29) is 5.82 Å². The van der Waals surface area contributed by atoms with E-state index in [1.54, 1.807) is 12.3 Å². The van der Waals surface area contributed by atoms with E-state index in [0.29, 0.717) is 12.6 Å². The Kier molecular flexibility index (Phi) is 3.65. The Bertz CT molecular complexity index is 596. The third-order valence-corrected chi connectivity index (χ3v) is 3.64. The summed E-state index contributed by atoms with van der Waals surface area (Å²) >= 11 is 0. The van der Waals surface area contributed by atoms with Crippen molar-refractivity contribution >= 4 is 5.69 Å². The molecule has 0 atom stereocenters. The van der Waals surface area contributed by atoms with E-state index in [2.05, 4.69) is 16.0 Å². The topological polar surface area (TPSA) is 42.1 Å². The lowest BCUT2D eigenvalue weighted by atomic mass is 10.1. The lowest BCUT2D eigenvalue weighted by molar-refractivity contribution is 0.245. The molecule has 4 heteroatoms. The fourth-order valence-electron chi connectivity index (χ4n) is 2.43. The molecule has 0 spiro atoms. The van der Waals surface area contributed by atoms with Crippen LogP contribution in [-0.2, 0) is 13.1 Å². The average Bonchev–Trinajstić information content (AvgIpc) is 3.25. The van der Waals surface area contributed by atoms with Crippen molar-refractivity contribution < 1.29 is 4.39 Å². The summed E-state index contributed by atoms with van der Waals surface area (Å²) in [6.07, 6.45) is 5.37. The van der Waals surface area contributed by atoms with Crippen molar-refractivity contribution in [3.63, 3.8) is 0 Å². The second kappa shape index (κ2) is 5.59. The number of hydrogen-bond acceptors (Lipinski definition) is 3. The van der Waals surface area contributed by atoms with Crippen LogP contribution < -0.4 is 5.73 Å².